The highest BCUT2D eigenvalue weighted by atomic mass is 79.9. The minimum absolute atomic E-state index is 0. The Labute approximate surface area is 115 Å². The minimum atomic E-state index is -1.30. The molecule has 0 fully saturated rings. The van der Waals surface area contributed by atoms with Crippen LogP contribution in [0.5, 0.6) is 0 Å². The van der Waals surface area contributed by atoms with Crippen LogP contribution in [0.2, 0.25) is 0 Å². The molecule has 1 atom stereocenters. The predicted octanol–water partition coefficient (Wildman–Crippen LogP) is 2.73. The van der Waals surface area contributed by atoms with Gasteiger partial charge in [0.05, 0.1) is 0 Å². The molecule has 0 aliphatic rings. The molecule has 0 heterocycles. The molecular formula is C12H15BrClNO2. The van der Waals surface area contributed by atoms with Gasteiger partial charge in [0.1, 0.15) is 5.54 Å². The predicted molar refractivity (Wildman–Crippen MR) is 74.6 cm³/mol. The molecule has 1 rings (SSSR count). The van der Waals surface area contributed by atoms with E-state index < -0.39 is 11.5 Å². The van der Waals surface area contributed by atoms with Crippen molar-refractivity contribution < 1.29 is 9.90 Å². The summed E-state index contributed by atoms with van der Waals surface area (Å²) < 4.78 is 0.591. The third-order valence-corrected chi connectivity index (χ3v) is 2.58. The largest absolute Gasteiger partial charge is 0.480 e. The van der Waals surface area contributed by atoms with E-state index in [9.17, 15) is 4.79 Å². The highest BCUT2D eigenvalue weighted by Gasteiger charge is 2.34. The maximum atomic E-state index is 11.2. The molecule has 1 unspecified atom stereocenters. The average molecular weight is 321 g/mol. The molecule has 1 aromatic rings. The molecule has 0 saturated heterocycles. The molecule has 0 aliphatic carbocycles. The summed E-state index contributed by atoms with van der Waals surface area (Å²) in [7, 11) is 0. The van der Waals surface area contributed by atoms with Gasteiger partial charge in [-0.1, -0.05) is 52.8 Å². The number of carboxylic acids is 1. The molecule has 5 heteroatoms. The van der Waals surface area contributed by atoms with Gasteiger partial charge in [-0.15, -0.1) is 12.4 Å². The Bertz CT molecular complexity index is 397. The molecule has 0 bridgehead atoms. The van der Waals surface area contributed by atoms with Crippen LogP contribution in [0.1, 0.15) is 12.0 Å². The SMILES string of the molecule is C=C(Br)CC(N)(Cc1ccccc1)C(=O)O.Cl. The van der Waals surface area contributed by atoms with Gasteiger partial charge < -0.3 is 10.8 Å². The smallest absolute Gasteiger partial charge is 0.324 e. The van der Waals surface area contributed by atoms with E-state index >= 15 is 0 Å². The quantitative estimate of drug-likeness (QED) is 0.877. The summed E-state index contributed by atoms with van der Waals surface area (Å²) >= 11 is 3.15. The molecular weight excluding hydrogens is 305 g/mol. The average Bonchev–Trinajstić information content (AvgIpc) is 2.17. The summed E-state index contributed by atoms with van der Waals surface area (Å²) in [5.74, 6) is -1.02. The van der Waals surface area contributed by atoms with E-state index in [0.717, 1.165) is 5.56 Å². The van der Waals surface area contributed by atoms with Crippen LogP contribution in [-0.4, -0.2) is 16.6 Å². The Morgan fingerprint density at radius 3 is 2.35 bits per heavy atom. The van der Waals surface area contributed by atoms with Crippen LogP contribution in [0.25, 0.3) is 0 Å². The lowest BCUT2D eigenvalue weighted by molar-refractivity contribution is -0.143. The molecule has 0 aliphatic heterocycles. The van der Waals surface area contributed by atoms with Gasteiger partial charge >= 0.3 is 5.97 Å². The van der Waals surface area contributed by atoms with Crippen LogP contribution >= 0.6 is 28.3 Å². The van der Waals surface area contributed by atoms with E-state index in [4.69, 9.17) is 10.8 Å². The van der Waals surface area contributed by atoms with Gasteiger partial charge in [0.25, 0.3) is 0 Å². The van der Waals surface area contributed by atoms with Gasteiger partial charge in [-0.05, 0) is 10.0 Å². The van der Waals surface area contributed by atoms with Crippen molar-refractivity contribution in [3.63, 3.8) is 0 Å². The zero-order valence-electron chi connectivity index (χ0n) is 9.23. The van der Waals surface area contributed by atoms with Crippen molar-refractivity contribution in [3.05, 3.63) is 47.0 Å². The van der Waals surface area contributed by atoms with Crippen LogP contribution in [0.15, 0.2) is 41.4 Å². The van der Waals surface area contributed by atoms with Gasteiger partial charge in [-0.3, -0.25) is 4.79 Å². The van der Waals surface area contributed by atoms with Crippen LogP contribution in [-0.2, 0) is 11.2 Å². The van der Waals surface area contributed by atoms with Gasteiger partial charge in [0.2, 0.25) is 0 Å². The molecule has 3 nitrogen and oxygen atoms in total. The molecule has 0 spiro atoms. The van der Waals surface area contributed by atoms with Crippen molar-refractivity contribution in [3.8, 4) is 0 Å². The third kappa shape index (κ3) is 4.89. The number of benzene rings is 1. The molecule has 94 valence electrons. The number of carboxylic acid groups (broad SMARTS) is 1. The zero-order valence-corrected chi connectivity index (χ0v) is 11.6. The molecule has 0 amide bonds. The van der Waals surface area contributed by atoms with Gasteiger partial charge in [-0.2, -0.15) is 0 Å². The lowest BCUT2D eigenvalue weighted by Gasteiger charge is -2.24. The maximum absolute atomic E-state index is 11.2. The fourth-order valence-corrected chi connectivity index (χ4v) is 2.02. The first kappa shape index (κ1) is 16.2. The Hall–Kier alpha value is -0.840. The summed E-state index contributed by atoms with van der Waals surface area (Å²) in [5, 5.41) is 9.16. The summed E-state index contributed by atoms with van der Waals surface area (Å²) in [6, 6.07) is 9.33. The second kappa shape index (κ2) is 6.79. The first-order valence-electron chi connectivity index (χ1n) is 4.83. The molecule has 0 saturated carbocycles. The van der Waals surface area contributed by atoms with Crippen LogP contribution < -0.4 is 5.73 Å². The van der Waals surface area contributed by atoms with Crippen molar-refractivity contribution in [2.75, 3.05) is 0 Å². The number of hydrogen-bond donors (Lipinski definition) is 2. The van der Waals surface area contributed by atoms with Gasteiger partial charge in [-0.25, -0.2) is 0 Å². The van der Waals surface area contributed by atoms with E-state index in [-0.39, 0.29) is 25.2 Å². The molecule has 17 heavy (non-hydrogen) atoms. The highest BCUT2D eigenvalue weighted by Crippen LogP contribution is 2.22. The highest BCUT2D eigenvalue weighted by molar-refractivity contribution is 9.11. The van der Waals surface area contributed by atoms with Crippen molar-refractivity contribution >= 4 is 34.3 Å². The normalized spacial score (nSPS) is 13.3. The van der Waals surface area contributed by atoms with Crippen molar-refractivity contribution in [1.82, 2.24) is 0 Å². The second-order valence-corrected chi connectivity index (χ2v) is 4.94. The lowest BCUT2D eigenvalue weighted by atomic mass is 9.89. The maximum Gasteiger partial charge on any atom is 0.324 e. The molecule has 0 radical (unpaired) electrons. The number of nitrogens with two attached hydrogens (primary N) is 1. The van der Waals surface area contributed by atoms with Crippen LogP contribution in [0.3, 0.4) is 0 Å². The van der Waals surface area contributed by atoms with E-state index in [1.807, 2.05) is 30.3 Å². The molecule has 3 N–H and O–H groups in total. The fourth-order valence-electron chi connectivity index (χ4n) is 1.52. The van der Waals surface area contributed by atoms with Crippen molar-refractivity contribution in [1.29, 1.82) is 0 Å². The van der Waals surface area contributed by atoms with Crippen LogP contribution in [0.4, 0.5) is 0 Å². The van der Waals surface area contributed by atoms with E-state index in [0.29, 0.717) is 4.48 Å². The summed E-state index contributed by atoms with van der Waals surface area (Å²) in [6.45, 7) is 3.64. The Balaban J connectivity index is 0.00000256. The Morgan fingerprint density at radius 2 is 1.94 bits per heavy atom. The first-order valence-corrected chi connectivity index (χ1v) is 5.63. The van der Waals surface area contributed by atoms with E-state index in [2.05, 4.69) is 22.5 Å². The number of rotatable bonds is 5. The summed E-state index contributed by atoms with van der Waals surface area (Å²) in [6.07, 6.45) is 0.491. The minimum Gasteiger partial charge on any atom is -0.480 e. The third-order valence-electron chi connectivity index (χ3n) is 2.30. The number of hydrogen-bond acceptors (Lipinski definition) is 2. The standard InChI is InChI=1S/C12H14BrNO2.ClH/c1-9(13)7-12(14,11(15)16)8-10-5-3-2-4-6-10;/h2-6H,1,7-8,14H2,(H,15,16);1H. The lowest BCUT2D eigenvalue weighted by Crippen LogP contribution is -2.49. The monoisotopic (exact) mass is 319 g/mol. The topological polar surface area (TPSA) is 63.3 Å². The second-order valence-electron chi connectivity index (χ2n) is 3.82. The van der Waals surface area contributed by atoms with E-state index in [1.54, 1.807) is 0 Å². The first-order chi connectivity index (χ1) is 7.44. The van der Waals surface area contributed by atoms with E-state index in [1.165, 1.54) is 0 Å². The summed E-state index contributed by atoms with van der Waals surface area (Å²) in [5.41, 5.74) is 5.48. The Morgan fingerprint density at radius 1 is 1.41 bits per heavy atom. The van der Waals surface area contributed by atoms with Crippen molar-refractivity contribution in [2.24, 2.45) is 5.73 Å². The van der Waals surface area contributed by atoms with Crippen LogP contribution in [0, 0.1) is 0 Å². The summed E-state index contributed by atoms with van der Waals surface area (Å²) in [4.78, 5) is 11.2. The van der Waals surface area contributed by atoms with Gasteiger partial charge in [0, 0.05) is 12.8 Å². The number of carbonyl (C=O) groups is 1. The molecule has 0 aromatic heterocycles. The number of aliphatic carboxylic acids is 1. The molecule has 1 aromatic carbocycles. The number of halogens is 2. The van der Waals surface area contributed by atoms with Crippen molar-refractivity contribution in [2.45, 2.75) is 18.4 Å². The Kier molecular flexibility index (Phi) is 6.45. The van der Waals surface area contributed by atoms with Gasteiger partial charge in [0.15, 0.2) is 0 Å². The zero-order chi connectivity index (χ0) is 12.2. The fraction of sp³-hybridized carbons (Fsp3) is 0.250.